The number of benzene rings is 1. The second-order valence-electron chi connectivity index (χ2n) is 6.71. The van der Waals surface area contributed by atoms with Gasteiger partial charge in [-0.3, -0.25) is 4.79 Å². The third-order valence-electron chi connectivity index (χ3n) is 4.18. The molecule has 1 aromatic heterocycles. The van der Waals surface area contributed by atoms with Crippen molar-refractivity contribution in [3.63, 3.8) is 0 Å². The molecule has 0 unspecified atom stereocenters. The number of hydrogen-bond donors (Lipinski definition) is 1. The number of ether oxygens (including phenoxy) is 2. The fourth-order valence-electron chi connectivity index (χ4n) is 2.89. The lowest BCUT2D eigenvalue weighted by molar-refractivity contribution is 0.0376. The molecule has 6 nitrogen and oxygen atoms in total. The predicted molar refractivity (Wildman–Crippen MR) is 99.6 cm³/mol. The molecule has 1 amide bonds. The lowest BCUT2D eigenvalue weighted by Crippen LogP contribution is -2.27. The fourth-order valence-corrected chi connectivity index (χ4v) is 2.89. The molecule has 1 heterocycles. The lowest BCUT2D eigenvalue weighted by Gasteiger charge is -2.17. The molecule has 0 spiro atoms. The zero-order valence-corrected chi connectivity index (χ0v) is 16.5. The Kier molecular flexibility index (Phi) is 6.25. The predicted octanol–water partition coefficient (Wildman–Crippen LogP) is 3.62. The van der Waals surface area contributed by atoms with Crippen molar-refractivity contribution in [2.45, 2.75) is 40.3 Å². The van der Waals surface area contributed by atoms with Gasteiger partial charge in [-0.25, -0.2) is 9.18 Å². The van der Waals surface area contributed by atoms with Crippen LogP contribution in [-0.4, -0.2) is 42.0 Å². The van der Waals surface area contributed by atoms with Crippen molar-refractivity contribution in [1.29, 1.82) is 0 Å². The van der Waals surface area contributed by atoms with Crippen molar-refractivity contribution in [3.05, 3.63) is 52.1 Å². The first-order valence-electron chi connectivity index (χ1n) is 8.63. The monoisotopic (exact) mass is 376 g/mol. The summed E-state index contributed by atoms with van der Waals surface area (Å²) in [4.78, 5) is 29.5. The molecular weight excluding hydrogens is 351 g/mol. The Bertz CT molecular complexity index is 858. The SMILES string of the molecule is COc1ccc(CN(C)C(=O)c2[nH]c(C)c(C(=O)OC(C)C)c2C)cc1F. The van der Waals surface area contributed by atoms with Crippen LogP contribution in [0.3, 0.4) is 0 Å². The number of nitrogens with one attached hydrogen (secondary N) is 1. The van der Waals surface area contributed by atoms with Crippen molar-refractivity contribution in [2.24, 2.45) is 0 Å². The third-order valence-corrected chi connectivity index (χ3v) is 4.18. The van der Waals surface area contributed by atoms with Crippen molar-refractivity contribution in [2.75, 3.05) is 14.2 Å². The first-order chi connectivity index (χ1) is 12.6. The molecule has 0 saturated carbocycles. The molecule has 0 saturated heterocycles. The number of carbonyl (C=O) groups excluding carboxylic acids is 2. The highest BCUT2D eigenvalue weighted by Crippen LogP contribution is 2.22. The molecule has 0 atom stereocenters. The quantitative estimate of drug-likeness (QED) is 0.782. The van der Waals surface area contributed by atoms with Crippen LogP contribution in [0.25, 0.3) is 0 Å². The van der Waals surface area contributed by atoms with Gasteiger partial charge in [-0.1, -0.05) is 6.07 Å². The number of halogens is 1. The molecule has 27 heavy (non-hydrogen) atoms. The van der Waals surface area contributed by atoms with Crippen molar-refractivity contribution >= 4 is 11.9 Å². The summed E-state index contributed by atoms with van der Waals surface area (Å²) in [6.45, 7) is 7.17. The highest BCUT2D eigenvalue weighted by Gasteiger charge is 2.25. The first-order valence-corrected chi connectivity index (χ1v) is 8.63. The van der Waals surface area contributed by atoms with E-state index in [0.717, 1.165) is 0 Å². The molecule has 0 aliphatic heterocycles. The van der Waals surface area contributed by atoms with Gasteiger partial charge >= 0.3 is 5.97 Å². The summed E-state index contributed by atoms with van der Waals surface area (Å²) in [6, 6.07) is 4.55. The van der Waals surface area contributed by atoms with E-state index >= 15 is 0 Å². The van der Waals surface area contributed by atoms with Crippen LogP contribution < -0.4 is 4.74 Å². The van der Waals surface area contributed by atoms with Crippen LogP contribution in [0.5, 0.6) is 5.75 Å². The molecule has 0 aliphatic rings. The number of methoxy groups -OCH3 is 1. The van der Waals surface area contributed by atoms with Gasteiger partial charge in [0.05, 0.1) is 18.8 Å². The van der Waals surface area contributed by atoms with Gasteiger partial charge < -0.3 is 19.4 Å². The Morgan fingerprint density at radius 1 is 1.26 bits per heavy atom. The number of aryl methyl sites for hydroxylation is 1. The highest BCUT2D eigenvalue weighted by atomic mass is 19.1. The summed E-state index contributed by atoms with van der Waals surface area (Å²) >= 11 is 0. The maximum absolute atomic E-state index is 13.9. The average Bonchev–Trinajstić information content (AvgIpc) is 2.88. The second-order valence-corrected chi connectivity index (χ2v) is 6.71. The average molecular weight is 376 g/mol. The number of amides is 1. The molecule has 0 aliphatic carbocycles. The minimum Gasteiger partial charge on any atom is -0.494 e. The van der Waals surface area contributed by atoms with E-state index in [4.69, 9.17) is 9.47 Å². The summed E-state index contributed by atoms with van der Waals surface area (Å²) in [7, 11) is 3.01. The van der Waals surface area contributed by atoms with Crippen molar-refractivity contribution in [3.8, 4) is 5.75 Å². The summed E-state index contributed by atoms with van der Waals surface area (Å²) in [5.74, 6) is -1.09. The highest BCUT2D eigenvalue weighted by molar-refractivity contribution is 6.00. The Hall–Kier alpha value is -2.83. The largest absolute Gasteiger partial charge is 0.494 e. The second kappa shape index (κ2) is 8.24. The van der Waals surface area contributed by atoms with E-state index in [2.05, 4.69) is 4.98 Å². The molecule has 0 bridgehead atoms. The van der Waals surface area contributed by atoms with Gasteiger partial charge in [-0.05, 0) is 51.0 Å². The molecule has 146 valence electrons. The van der Waals surface area contributed by atoms with Crippen LogP contribution in [0.1, 0.15) is 51.5 Å². The van der Waals surface area contributed by atoms with Crippen LogP contribution >= 0.6 is 0 Å². The number of hydrogen-bond acceptors (Lipinski definition) is 4. The lowest BCUT2D eigenvalue weighted by atomic mass is 10.1. The molecule has 2 aromatic rings. The van der Waals surface area contributed by atoms with Gasteiger partial charge in [0.1, 0.15) is 5.69 Å². The Balaban J connectivity index is 2.22. The number of aromatic nitrogens is 1. The van der Waals surface area contributed by atoms with Gasteiger partial charge in [0.2, 0.25) is 0 Å². The normalized spacial score (nSPS) is 10.8. The minimum atomic E-state index is -0.485. The fraction of sp³-hybridized carbons (Fsp3) is 0.400. The topological polar surface area (TPSA) is 71.6 Å². The van der Waals surface area contributed by atoms with Crippen LogP contribution in [0, 0.1) is 19.7 Å². The standard InChI is InChI=1S/C20H25FN2O4/c1-11(2)27-20(25)17-12(3)18(22-13(17)4)19(24)23(5)10-14-7-8-16(26-6)15(21)9-14/h7-9,11,22H,10H2,1-6H3. The molecule has 2 rings (SSSR count). The number of H-pyrrole nitrogens is 1. The van der Waals surface area contributed by atoms with E-state index in [1.165, 1.54) is 24.1 Å². The smallest absolute Gasteiger partial charge is 0.340 e. The van der Waals surface area contributed by atoms with Crippen molar-refractivity contribution in [1.82, 2.24) is 9.88 Å². The number of rotatable bonds is 6. The van der Waals surface area contributed by atoms with E-state index in [-0.39, 0.29) is 24.3 Å². The zero-order chi connectivity index (χ0) is 20.3. The van der Waals surface area contributed by atoms with Crippen LogP contribution in [0.4, 0.5) is 4.39 Å². The molecule has 1 aromatic carbocycles. The first kappa shape index (κ1) is 20.5. The molecule has 0 radical (unpaired) electrons. The Labute approximate surface area is 158 Å². The van der Waals surface area contributed by atoms with E-state index < -0.39 is 11.8 Å². The third kappa shape index (κ3) is 4.48. The van der Waals surface area contributed by atoms with Crippen molar-refractivity contribution < 1.29 is 23.5 Å². The van der Waals surface area contributed by atoms with Gasteiger partial charge in [0.15, 0.2) is 11.6 Å². The van der Waals surface area contributed by atoms with E-state index in [9.17, 15) is 14.0 Å². The number of aromatic amines is 1. The maximum atomic E-state index is 13.9. The Morgan fingerprint density at radius 2 is 1.93 bits per heavy atom. The van der Waals surface area contributed by atoms with Gasteiger partial charge in [-0.2, -0.15) is 0 Å². The molecular formula is C20H25FN2O4. The van der Waals surface area contributed by atoms with Crippen LogP contribution in [0.15, 0.2) is 18.2 Å². The van der Waals surface area contributed by atoms with Gasteiger partial charge in [-0.15, -0.1) is 0 Å². The van der Waals surface area contributed by atoms with Gasteiger partial charge in [0.25, 0.3) is 5.91 Å². The van der Waals surface area contributed by atoms with E-state index in [1.807, 2.05) is 0 Å². The number of carbonyl (C=O) groups is 2. The van der Waals surface area contributed by atoms with E-state index in [0.29, 0.717) is 28.1 Å². The van der Waals surface area contributed by atoms with Gasteiger partial charge in [0, 0.05) is 19.3 Å². The molecule has 0 fully saturated rings. The Morgan fingerprint density at radius 3 is 2.48 bits per heavy atom. The summed E-state index contributed by atoms with van der Waals surface area (Å²) in [5, 5.41) is 0. The maximum Gasteiger partial charge on any atom is 0.340 e. The summed E-state index contributed by atoms with van der Waals surface area (Å²) in [6.07, 6.45) is -0.252. The number of esters is 1. The number of nitrogens with zero attached hydrogens (tertiary/aromatic N) is 1. The summed E-state index contributed by atoms with van der Waals surface area (Å²) < 4.78 is 24.0. The van der Waals surface area contributed by atoms with E-state index in [1.54, 1.807) is 40.8 Å². The molecule has 7 heteroatoms. The molecule has 1 N–H and O–H groups in total. The van der Waals surface area contributed by atoms with Crippen LogP contribution in [0.2, 0.25) is 0 Å². The van der Waals surface area contributed by atoms with Crippen LogP contribution in [-0.2, 0) is 11.3 Å². The zero-order valence-electron chi connectivity index (χ0n) is 16.5. The minimum absolute atomic E-state index is 0.150. The summed E-state index contributed by atoms with van der Waals surface area (Å²) in [5.41, 5.74) is 2.43.